The topological polar surface area (TPSA) is 84.9 Å². The van der Waals surface area contributed by atoms with Crippen molar-refractivity contribution in [1.29, 1.82) is 0 Å². The van der Waals surface area contributed by atoms with Gasteiger partial charge in [0.25, 0.3) is 0 Å². The Bertz CT molecular complexity index is 691. The fourth-order valence-electron chi connectivity index (χ4n) is 1.77. The SMILES string of the molecule is C=CCN(CC(=O)Nc1cc(OC)c(Cl)cc1OC)S(C)(=O)=O. The average Bonchev–Trinajstić information content (AvgIpc) is 2.47. The van der Waals surface area contributed by atoms with Crippen molar-refractivity contribution in [1.82, 2.24) is 4.31 Å². The predicted molar refractivity (Wildman–Crippen MR) is 89.8 cm³/mol. The van der Waals surface area contributed by atoms with Gasteiger partial charge >= 0.3 is 0 Å². The third-order valence-electron chi connectivity index (χ3n) is 2.87. The molecule has 7 nitrogen and oxygen atoms in total. The van der Waals surface area contributed by atoms with Crippen molar-refractivity contribution in [2.75, 3.05) is 38.9 Å². The summed E-state index contributed by atoms with van der Waals surface area (Å²) in [5, 5.41) is 2.91. The van der Waals surface area contributed by atoms with E-state index in [0.717, 1.165) is 10.6 Å². The van der Waals surface area contributed by atoms with Gasteiger partial charge in [-0.2, -0.15) is 4.31 Å². The minimum Gasteiger partial charge on any atom is -0.495 e. The van der Waals surface area contributed by atoms with E-state index in [9.17, 15) is 13.2 Å². The lowest BCUT2D eigenvalue weighted by Gasteiger charge is -2.18. The zero-order valence-electron chi connectivity index (χ0n) is 13.1. The normalized spacial score (nSPS) is 11.2. The number of halogens is 1. The molecule has 0 aliphatic heterocycles. The quantitative estimate of drug-likeness (QED) is 0.712. The molecule has 128 valence electrons. The molecule has 0 unspecified atom stereocenters. The maximum absolute atomic E-state index is 12.1. The van der Waals surface area contributed by atoms with Crippen molar-refractivity contribution in [3.8, 4) is 11.5 Å². The summed E-state index contributed by atoms with van der Waals surface area (Å²) in [6.45, 7) is 3.16. The van der Waals surface area contributed by atoms with Crippen molar-refractivity contribution < 1.29 is 22.7 Å². The highest BCUT2D eigenvalue weighted by Crippen LogP contribution is 2.35. The van der Waals surface area contributed by atoms with E-state index in [1.54, 1.807) is 0 Å². The Morgan fingerprint density at radius 1 is 1.35 bits per heavy atom. The molecular formula is C14H19ClN2O5S. The molecule has 1 amide bonds. The smallest absolute Gasteiger partial charge is 0.239 e. The molecule has 0 aromatic heterocycles. The van der Waals surface area contributed by atoms with Gasteiger partial charge in [0, 0.05) is 18.7 Å². The number of nitrogens with zero attached hydrogens (tertiary/aromatic N) is 1. The Morgan fingerprint density at radius 3 is 2.43 bits per heavy atom. The van der Waals surface area contributed by atoms with Crippen LogP contribution in [0.3, 0.4) is 0 Å². The molecule has 0 atom stereocenters. The van der Waals surface area contributed by atoms with Crippen LogP contribution in [0.5, 0.6) is 11.5 Å². The highest BCUT2D eigenvalue weighted by atomic mass is 35.5. The first-order valence-electron chi connectivity index (χ1n) is 6.50. The number of carbonyl (C=O) groups excluding carboxylic acids is 1. The van der Waals surface area contributed by atoms with Gasteiger partial charge in [0.05, 0.1) is 37.7 Å². The minimum atomic E-state index is -3.53. The monoisotopic (exact) mass is 362 g/mol. The van der Waals surface area contributed by atoms with Gasteiger partial charge < -0.3 is 14.8 Å². The van der Waals surface area contributed by atoms with E-state index in [2.05, 4.69) is 11.9 Å². The average molecular weight is 363 g/mol. The molecule has 9 heteroatoms. The Labute approximate surface area is 140 Å². The Kier molecular flexibility index (Phi) is 6.86. The molecule has 1 rings (SSSR count). The summed E-state index contributed by atoms with van der Waals surface area (Å²) in [5.41, 5.74) is 0.325. The molecular weight excluding hydrogens is 344 g/mol. The summed E-state index contributed by atoms with van der Waals surface area (Å²) in [4.78, 5) is 12.1. The number of methoxy groups -OCH3 is 2. The Hall–Kier alpha value is -1.77. The van der Waals surface area contributed by atoms with Crippen LogP contribution in [0.15, 0.2) is 24.8 Å². The summed E-state index contributed by atoms with van der Waals surface area (Å²) in [6.07, 6.45) is 2.43. The largest absolute Gasteiger partial charge is 0.495 e. The number of rotatable bonds is 8. The molecule has 1 N–H and O–H groups in total. The lowest BCUT2D eigenvalue weighted by molar-refractivity contribution is -0.116. The molecule has 0 saturated carbocycles. The molecule has 0 heterocycles. The second-order valence-electron chi connectivity index (χ2n) is 4.58. The first kappa shape index (κ1) is 19.3. The lowest BCUT2D eigenvalue weighted by atomic mass is 10.2. The molecule has 0 saturated heterocycles. The van der Waals surface area contributed by atoms with Crippen LogP contribution in [0, 0.1) is 0 Å². The summed E-state index contributed by atoms with van der Waals surface area (Å²) < 4.78 is 34.4. The fraction of sp³-hybridized carbons (Fsp3) is 0.357. The van der Waals surface area contributed by atoms with E-state index < -0.39 is 15.9 Å². The van der Waals surface area contributed by atoms with E-state index in [0.29, 0.717) is 22.2 Å². The number of carbonyl (C=O) groups is 1. The number of nitrogens with one attached hydrogen (secondary N) is 1. The maximum Gasteiger partial charge on any atom is 0.239 e. The number of benzene rings is 1. The first-order valence-corrected chi connectivity index (χ1v) is 8.73. The van der Waals surface area contributed by atoms with Crippen LogP contribution in [-0.2, 0) is 14.8 Å². The zero-order chi connectivity index (χ0) is 17.6. The summed E-state index contributed by atoms with van der Waals surface area (Å²) in [7, 11) is -0.661. The molecule has 23 heavy (non-hydrogen) atoms. The Morgan fingerprint density at radius 2 is 1.96 bits per heavy atom. The Balaban J connectivity index is 2.98. The van der Waals surface area contributed by atoms with Gasteiger partial charge in [-0.3, -0.25) is 4.79 Å². The van der Waals surface area contributed by atoms with E-state index >= 15 is 0 Å². The van der Waals surface area contributed by atoms with Crippen molar-refractivity contribution in [2.24, 2.45) is 0 Å². The molecule has 0 spiro atoms. The van der Waals surface area contributed by atoms with Gasteiger partial charge in [0.1, 0.15) is 11.5 Å². The molecule has 0 bridgehead atoms. The van der Waals surface area contributed by atoms with Crippen LogP contribution in [0.4, 0.5) is 5.69 Å². The van der Waals surface area contributed by atoms with Crippen molar-refractivity contribution >= 4 is 33.2 Å². The van der Waals surface area contributed by atoms with Crippen LogP contribution >= 0.6 is 11.6 Å². The van der Waals surface area contributed by atoms with Gasteiger partial charge in [-0.25, -0.2) is 8.42 Å². The van der Waals surface area contributed by atoms with Gasteiger partial charge in [-0.05, 0) is 0 Å². The van der Waals surface area contributed by atoms with E-state index in [1.165, 1.54) is 32.4 Å². The molecule has 0 aliphatic rings. The number of hydrogen-bond donors (Lipinski definition) is 1. The maximum atomic E-state index is 12.1. The lowest BCUT2D eigenvalue weighted by Crippen LogP contribution is -2.37. The third kappa shape index (κ3) is 5.42. The van der Waals surface area contributed by atoms with Crippen molar-refractivity contribution in [2.45, 2.75) is 0 Å². The molecule has 0 aliphatic carbocycles. The molecule has 0 fully saturated rings. The number of anilines is 1. The van der Waals surface area contributed by atoms with E-state index in [1.807, 2.05) is 0 Å². The highest BCUT2D eigenvalue weighted by Gasteiger charge is 2.20. The number of sulfonamides is 1. The van der Waals surface area contributed by atoms with Crippen LogP contribution in [0.1, 0.15) is 0 Å². The highest BCUT2D eigenvalue weighted by molar-refractivity contribution is 7.88. The third-order valence-corrected chi connectivity index (χ3v) is 4.38. The van der Waals surface area contributed by atoms with Gasteiger partial charge in [-0.1, -0.05) is 17.7 Å². The van der Waals surface area contributed by atoms with Crippen molar-refractivity contribution in [3.05, 3.63) is 29.8 Å². The summed E-state index contributed by atoms with van der Waals surface area (Å²) in [6, 6.07) is 2.99. The van der Waals surface area contributed by atoms with Gasteiger partial charge in [0.15, 0.2) is 0 Å². The number of ether oxygens (including phenoxy) is 2. The van der Waals surface area contributed by atoms with Crippen molar-refractivity contribution in [3.63, 3.8) is 0 Å². The van der Waals surface area contributed by atoms with Gasteiger partial charge in [0.2, 0.25) is 15.9 Å². The molecule has 1 aromatic rings. The molecule has 0 radical (unpaired) electrons. The second kappa shape index (κ2) is 8.19. The fourth-order valence-corrected chi connectivity index (χ4v) is 2.73. The van der Waals surface area contributed by atoms with Crippen LogP contribution in [-0.4, -0.2) is 52.2 Å². The van der Waals surface area contributed by atoms with Crippen LogP contribution in [0.25, 0.3) is 0 Å². The predicted octanol–water partition coefficient (Wildman–Crippen LogP) is 1.74. The number of hydrogen-bond acceptors (Lipinski definition) is 5. The summed E-state index contributed by atoms with van der Waals surface area (Å²) in [5.74, 6) is 0.160. The molecule has 1 aromatic carbocycles. The van der Waals surface area contributed by atoms with E-state index in [-0.39, 0.29) is 13.1 Å². The van der Waals surface area contributed by atoms with Gasteiger partial charge in [-0.15, -0.1) is 6.58 Å². The number of amides is 1. The van der Waals surface area contributed by atoms with E-state index in [4.69, 9.17) is 21.1 Å². The van der Waals surface area contributed by atoms with Crippen LogP contribution < -0.4 is 14.8 Å². The summed E-state index contributed by atoms with van der Waals surface area (Å²) >= 11 is 5.99. The zero-order valence-corrected chi connectivity index (χ0v) is 14.7. The second-order valence-corrected chi connectivity index (χ2v) is 6.97. The minimum absolute atomic E-state index is 0.0350. The van der Waals surface area contributed by atoms with Crippen LogP contribution in [0.2, 0.25) is 5.02 Å². The standard InChI is InChI=1S/C14H19ClN2O5S/c1-5-6-17(23(4,19)20)9-14(18)16-11-8-12(21-2)10(15)7-13(11)22-3/h5,7-8H,1,6,9H2,2-4H3,(H,16,18). The first-order chi connectivity index (χ1) is 10.7.